The molecule has 0 saturated carbocycles. The molecule has 0 bridgehead atoms. The topological polar surface area (TPSA) is 108 Å². The third-order valence-corrected chi connectivity index (χ3v) is 3.45. The minimum Gasteiger partial charge on any atom is -0.478 e. The van der Waals surface area contributed by atoms with Gasteiger partial charge in [0.05, 0.1) is 11.6 Å². The maximum Gasteiger partial charge on any atom is 0.335 e. The van der Waals surface area contributed by atoms with Gasteiger partial charge in [0.25, 0.3) is 0 Å². The highest BCUT2D eigenvalue weighted by atomic mass is 16.5. The van der Waals surface area contributed by atoms with Crippen LogP contribution in [-0.2, 0) is 16.1 Å². The minimum absolute atomic E-state index is 0.00896. The van der Waals surface area contributed by atoms with Crippen molar-refractivity contribution in [3.05, 3.63) is 35.4 Å². The predicted octanol–water partition coefficient (Wildman–Crippen LogP) is 0.0412. The number of aromatic carboxylic acids is 1. The molecule has 1 aromatic rings. The lowest BCUT2D eigenvalue weighted by molar-refractivity contribution is -0.126. The van der Waals surface area contributed by atoms with E-state index in [-0.39, 0.29) is 30.2 Å². The lowest BCUT2D eigenvalue weighted by Gasteiger charge is -2.39. The number of urea groups is 1. The van der Waals surface area contributed by atoms with Crippen molar-refractivity contribution in [1.29, 1.82) is 0 Å². The summed E-state index contributed by atoms with van der Waals surface area (Å²) in [7, 11) is 1.45. The van der Waals surface area contributed by atoms with E-state index in [1.165, 1.54) is 19.2 Å². The van der Waals surface area contributed by atoms with Crippen LogP contribution in [-0.4, -0.2) is 60.8 Å². The summed E-state index contributed by atoms with van der Waals surface area (Å²) >= 11 is 0. The molecule has 0 aromatic heterocycles. The van der Waals surface area contributed by atoms with Crippen LogP contribution in [0, 0.1) is 0 Å². The highest BCUT2D eigenvalue weighted by molar-refractivity contribution is 5.87. The quantitative estimate of drug-likeness (QED) is 0.686. The number of carboxylic acid groups (broad SMARTS) is 1. The standard InChI is InChI=1S/C15H19N3O5/c1-23-9-13(19)17-12-7-18(8-12)15(22)16-6-10-2-4-11(5-3-10)14(20)21/h2-5,12H,6-9H2,1H3,(H,16,22)(H,17,19)(H,20,21). The van der Waals surface area contributed by atoms with Gasteiger partial charge in [0.2, 0.25) is 5.91 Å². The summed E-state index contributed by atoms with van der Waals surface area (Å²) in [5, 5.41) is 14.3. The smallest absolute Gasteiger partial charge is 0.335 e. The zero-order valence-electron chi connectivity index (χ0n) is 12.7. The minimum atomic E-state index is -0.984. The van der Waals surface area contributed by atoms with Gasteiger partial charge >= 0.3 is 12.0 Å². The third-order valence-electron chi connectivity index (χ3n) is 3.45. The summed E-state index contributed by atoms with van der Waals surface area (Å²) in [6, 6.07) is 6.05. The Morgan fingerprint density at radius 3 is 2.48 bits per heavy atom. The molecule has 1 saturated heterocycles. The van der Waals surface area contributed by atoms with Gasteiger partial charge in [-0.2, -0.15) is 0 Å². The summed E-state index contributed by atoms with van der Waals surface area (Å²) in [4.78, 5) is 35.6. The van der Waals surface area contributed by atoms with Gasteiger partial charge < -0.3 is 25.4 Å². The molecule has 0 radical (unpaired) electrons. The Balaban J connectivity index is 1.70. The molecule has 3 N–H and O–H groups in total. The Kier molecular flexibility index (Phi) is 5.53. The van der Waals surface area contributed by atoms with Crippen molar-refractivity contribution in [1.82, 2.24) is 15.5 Å². The van der Waals surface area contributed by atoms with E-state index in [1.54, 1.807) is 17.0 Å². The van der Waals surface area contributed by atoms with Crippen LogP contribution < -0.4 is 10.6 Å². The lowest BCUT2D eigenvalue weighted by atomic mass is 10.1. The number of carboxylic acids is 1. The second-order valence-electron chi connectivity index (χ2n) is 5.26. The van der Waals surface area contributed by atoms with Gasteiger partial charge in [-0.25, -0.2) is 9.59 Å². The van der Waals surface area contributed by atoms with Crippen LogP contribution in [0.1, 0.15) is 15.9 Å². The number of rotatable bonds is 6. The first-order valence-corrected chi connectivity index (χ1v) is 7.13. The van der Waals surface area contributed by atoms with Crippen LogP contribution in [0.4, 0.5) is 4.79 Å². The summed E-state index contributed by atoms with van der Waals surface area (Å²) in [5.74, 6) is -1.18. The van der Waals surface area contributed by atoms with Crippen LogP contribution in [0.3, 0.4) is 0 Å². The maximum absolute atomic E-state index is 11.9. The molecule has 3 amide bonds. The Morgan fingerprint density at radius 1 is 1.26 bits per heavy atom. The second-order valence-corrected chi connectivity index (χ2v) is 5.26. The molecule has 1 heterocycles. The van der Waals surface area contributed by atoms with Crippen molar-refractivity contribution < 1.29 is 24.2 Å². The average Bonchev–Trinajstić information content (AvgIpc) is 2.48. The number of nitrogens with zero attached hydrogens (tertiary/aromatic N) is 1. The number of amides is 3. The number of carbonyl (C=O) groups excluding carboxylic acids is 2. The van der Waals surface area contributed by atoms with Crippen molar-refractivity contribution in [2.75, 3.05) is 26.8 Å². The van der Waals surface area contributed by atoms with Gasteiger partial charge in [-0.1, -0.05) is 12.1 Å². The van der Waals surface area contributed by atoms with Crippen LogP contribution >= 0.6 is 0 Å². The molecule has 8 nitrogen and oxygen atoms in total. The number of methoxy groups -OCH3 is 1. The van der Waals surface area contributed by atoms with Crippen molar-refractivity contribution in [2.24, 2.45) is 0 Å². The SMILES string of the molecule is COCC(=O)NC1CN(C(=O)NCc2ccc(C(=O)O)cc2)C1. The summed E-state index contributed by atoms with van der Waals surface area (Å²) in [5.41, 5.74) is 1.02. The molecule has 1 fully saturated rings. The summed E-state index contributed by atoms with van der Waals surface area (Å²) in [6.07, 6.45) is 0. The molecular weight excluding hydrogens is 302 g/mol. The normalized spacial score (nSPS) is 14.0. The monoisotopic (exact) mass is 321 g/mol. The zero-order chi connectivity index (χ0) is 16.8. The number of ether oxygens (including phenoxy) is 1. The van der Waals surface area contributed by atoms with Crippen LogP contribution in [0.2, 0.25) is 0 Å². The maximum atomic E-state index is 11.9. The van der Waals surface area contributed by atoms with Crippen LogP contribution in [0.5, 0.6) is 0 Å². The molecule has 23 heavy (non-hydrogen) atoms. The Hall–Kier alpha value is -2.61. The van der Waals surface area contributed by atoms with E-state index in [0.29, 0.717) is 19.6 Å². The lowest BCUT2D eigenvalue weighted by Crippen LogP contribution is -2.63. The van der Waals surface area contributed by atoms with Crippen molar-refractivity contribution in [2.45, 2.75) is 12.6 Å². The van der Waals surface area contributed by atoms with E-state index < -0.39 is 5.97 Å². The summed E-state index contributed by atoms with van der Waals surface area (Å²) in [6.45, 7) is 1.24. The van der Waals surface area contributed by atoms with Crippen LogP contribution in [0.15, 0.2) is 24.3 Å². The number of nitrogens with one attached hydrogen (secondary N) is 2. The van der Waals surface area contributed by atoms with Gasteiger partial charge in [0.1, 0.15) is 6.61 Å². The van der Waals surface area contributed by atoms with E-state index in [1.807, 2.05) is 0 Å². The van der Waals surface area contributed by atoms with E-state index in [9.17, 15) is 14.4 Å². The molecule has 0 spiro atoms. The van der Waals surface area contributed by atoms with Gasteiger partial charge in [-0.15, -0.1) is 0 Å². The van der Waals surface area contributed by atoms with Gasteiger partial charge in [-0.3, -0.25) is 4.79 Å². The Morgan fingerprint density at radius 2 is 1.91 bits per heavy atom. The van der Waals surface area contributed by atoms with E-state index in [0.717, 1.165) is 5.56 Å². The number of likely N-dealkylation sites (tertiary alicyclic amines) is 1. The van der Waals surface area contributed by atoms with Crippen molar-refractivity contribution in [3.63, 3.8) is 0 Å². The van der Waals surface area contributed by atoms with E-state index in [4.69, 9.17) is 9.84 Å². The molecule has 1 aliphatic heterocycles. The molecule has 0 aliphatic carbocycles. The molecule has 8 heteroatoms. The van der Waals surface area contributed by atoms with Crippen molar-refractivity contribution in [3.8, 4) is 0 Å². The van der Waals surface area contributed by atoms with E-state index in [2.05, 4.69) is 10.6 Å². The third kappa shape index (κ3) is 4.68. The Bertz CT molecular complexity index is 581. The number of hydrogen-bond donors (Lipinski definition) is 3. The van der Waals surface area contributed by atoms with Crippen molar-refractivity contribution >= 4 is 17.9 Å². The first kappa shape index (κ1) is 16.8. The fourth-order valence-corrected chi connectivity index (χ4v) is 2.19. The average molecular weight is 321 g/mol. The molecule has 0 unspecified atom stereocenters. The number of benzene rings is 1. The molecule has 0 atom stereocenters. The van der Waals surface area contributed by atoms with Gasteiger partial charge in [0.15, 0.2) is 0 Å². The molecule has 1 aliphatic rings. The highest BCUT2D eigenvalue weighted by Crippen LogP contribution is 2.09. The number of carbonyl (C=O) groups is 3. The first-order valence-electron chi connectivity index (χ1n) is 7.13. The predicted molar refractivity (Wildman–Crippen MR) is 81.0 cm³/mol. The molecular formula is C15H19N3O5. The molecule has 124 valence electrons. The number of hydrogen-bond acceptors (Lipinski definition) is 4. The first-order chi connectivity index (χ1) is 11.0. The highest BCUT2D eigenvalue weighted by Gasteiger charge is 2.31. The molecule has 2 rings (SSSR count). The second kappa shape index (κ2) is 7.59. The van der Waals surface area contributed by atoms with Gasteiger partial charge in [0, 0.05) is 26.7 Å². The van der Waals surface area contributed by atoms with E-state index >= 15 is 0 Å². The largest absolute Gasteiger partial charge is 0.478 e. The Labute approximate surface area is 133 Å². The fraction of sp³-hybridized carbons (Fsp3) is 0.400. The summed E-state index contributed by atoms with van der Waals surface area (Å²) < 4.78 is 4.72. The van der Waals surface area contributed by atoms with Crippen LogP contribution in [0.25, 0.3) is 0 Å². The molecule has 1 aromatic carbocycles. The fourth-order valence-electron chi connectivity index (χ4n) is 2.19. The zero-order valence-corrected chi connectivity index (χ0v) is 12.7. The van der Waals surface area contributed by atoms with Gasteiger partial charge in [-0.05, 0) is 17.7 Å².